The van der Waals surface area contributed by atoms with E-state index in [1.54, 1.807) is 13.0 Å². The monoisotopic (exact) mass is 630 g/mol. The molecule has 0 heterocycles. The first-order chi connectivity index (χ1) is 16.9. The van der Waals surface area contributed by atoms with Gasteiger partial charge in [0.2, 0.25) is 11.8 Å². The number of ether oxygens (including phenoxy) is 2. The van der Waals surface area contributed by atoms with Crippen molar-refractivity contribution in [1.29, 1.82) is 0 Å². The Morgan fingerprint density at radius 2 is 1.97 bits per heavy atom. The number of hydrogen-bond acceptors (Lipinski definition) is 7. The molecule has 0 saturated carbocycles. The van der Waals surface area contributed by atoms with E-state index >= 15 is 0 Å². The smallest absolute Gasteiger partial charge is 0.406 e. The van der Waals surface area contributed by atoms with Gasteiger partial charge < -0.3 is 35.0 Å². The molecule has 3 atom stereocenters. The van der Waals surface area contributed by atoms with Crippen molar-refractivity contribution in [3.05, 3.63) is 32.9 Å². The average molecular weight is 630 g/mol. The fourth-order valence-electron chi connectivity index (χ4n) is 3.84. The van der Waals surface area contributed by atoms with Crippen LogP contribution in [-0.4, -0.2) is 83.3 Å². The molecule has 1 aromatic rings. The molecule has 0 aromatic heterocycles. The van der Waals surface area contributed by atoms with Gasteiger partial charge >= 0.3 is 6.18 Å². The molecule has 2 amide bonds. The molecular weight excluding hydrogens is 600 g/mol. The maximum absolute atomic E-state index is 13.4. The van der Waals surface area contributed by atoms with Gasteiger partial charge in [0.25, 0.3) is 0 Å². The molecule has 0 fully saturated rings. The molecule has 1 aliphatic rings. The summed E-state index contributed by atoms with van der Waals surface area (Å²) in [6.07, 6.45) is -6.59. The normalized spacial score (nSPS) is 19.9. The van der Waals surface area contributed by atoms with Gasteiger partial charge in [-0.25, -0.2) is 0 Å². The number of halogens is 4. The number of hydrogen-bond donors (Lipinski definition) is 4. The van der Waals surface area contributed by atoms with Crippen molar-refractivity contribution < 1.29 is 47.6 Å². The largest absolute Gasteiger partial charge is 0.493 e. The maximum atomic E-state index is 13.4. The zero-order valence-corrected chi connectivity index (χ0v) is 22.0. The van der Waals surface area contributed by atoms with Gasteiger partial charge in [-0.15, -0.1) is 0 Å². The van der Waals surface area contributed by atoms with Crippen LogP contribution in [0, 0.1) is 3.57 Å². The third-order valence-electron chi connectivity index (χ3n) is 5.47. The molecule has 202 valence electrons. The number of nitrogens with zero attached hydrogens (tertiary/aromatic N) is 1. The number of alkyl halides is 3. The SMILES string of the molecule is CCCC(=O)N(CC(F)(F)F)[C@@H]1CC(C(=O)NCCO)=C[C@H](Oc2c(I)cc(CO)cc2OC)[C@H]1O. The first kappa shape index (κ1) is 30.1. The van der Waals surface area contributed by atoms with Gasteiger partial charge in [0, 0.05) is 25.0 Å². The third-order valence-corrected chi connectivity index (χ3v) is 6.28. The predicted molar refractivity (Wildman–Crippen MR) is 131 cm³/mol. The quantitative estimate of drug-likeness (QED) is 0.275. The summed E-state index contributed by atoms with van der Waals surface area (Å²) < 4.78 is 52.0. The maximum Gasteiger partial charge on any atom is 0.406 e. The topological polar surface area (TPSA) is 129 Å². The Morgan fingerprint density at radius 3 is 2.53 bits per heavy atom. The lowest BCUT2D eigenvalue weighted by Gasteiger charge is -2.41. The summed E-state index contributed by atoms with van der Waals surface area (Å²) in [7, 11) is 1.36. The minimum absolute atomic E-state index is 0.00109. The van der Waals surface area contributed by atoms with Crippen molar-refractivity contribution >= 4 is 34.4 Å². The van der Waals surface area contributed by atoms with E-state index in [4.69, 9.17) is 14.6 Å². The van der Waals surface area contributed by atoms with E-state index < -0.39 is 42.8 Å². The van der Waals surface area contributed by atoms with Gasteiger partial charge in [-0.1, -0.05) is 6.92 Å². The Morgan fingerprint density at radius 1 is 1.28 bits per heavy atom. The van der Waals surface area contributed by atoms with Crippen LogP contribution in [0.5, 0.6) is 11.5 Å². The second-order valence-electron chi connectivity index (χ2n) is 8.17. The standard InChI is InChI=1S/C23H30F3IN2O7/c1-3-4-19(32)29(12-23(24,25)26)16-9-14(22(34)28-5-6-30)10-17(20(16)33)36-21-15(27)7-13(11-31)8-18(21)35-2/h7-8,10,16-17,20,30-31,33H,3-6,9,11-12H2,1-2H3,(H,28,34)/t16-,17+,20+/m1/s1. The summed E-state index contributed by atoms with van der Waals surface area (Å²) >= 11 is 1.92. The van der Waals surface area contributed by atoms with Crippen LogP contribution in [0.1, 0.15) is 31.7 Å². The fourth-order valence-corrected chi connectivity index (χ4v) is 4.63. The molecule has 13 heteroatoms. The van der Waals surface area contributed by atoms with E-state index in [2.05, 4.69) is 5.32 Å². The molecule has 0 saturated heterocycles. The van der Waals surface area contributed by atoms with Crippen LogP contribution < -0.4 is 14.8 Å². The van der Waals surface area contributed by atoms with Gasteiger partial charge in [0.1, 0.15) is 18.8 Å². The number of nitrogens with one attached hydrogen (secondary N) is 1. The molecule has 1 aromatic carbocycles. The van der Waals surface area contributed by atoms with Crippen molar-refractivity contribution in [2.75, 3.05) is 26.8 Å². The molecule has 0 unspecified atom stereocenters. The molecule has 0 aliphatic heterocycles. The molecule has 2 rings (SSSR count). The summed E-state index contributed by atoms with van der Waals surface area (Å²) in [5, 5.41) is 32.0. The zero-order valence-electron chi connectivity index (χ0n) is 19.8. The van der Waals surface area contributed by atoms with Crippen molar-refractivity contribution in [2.24, 2.45) is 0 Å². The molecule has 1 aliphatic carbocycles. The van der Waals surface area contributed by atoms with Gasteiger partial charge in [-0.2, -0.15) is 13.2 Å². The molecule has 0 radical (unpaired) electrons. The highest BCUT2D eigenvalue weighted by molar-refractivity contribution is 14.1. The highest BCUT2D eigenvalue weighted by Crippen LogP contribution is 2.37. The Bertz CT molecular complexity index is 958. The lowest BCUT2D eigenvalue weighted by molar-refractivity contribution is -0.172. The first-order valence-electron chi connectivity index (χ1n) is 11.2. The van der Waals surface area contributed by atoms with Gasteiger partial charge in [-0.3, -0.25) is 9.59 Å². The highest BCUT2D eigenvalue weighted by Gasteiger charge is 2.44. The van der Waals surface area contributed by atoms with Crippen LogP contribution in [0.2, 0.25) is 0 Å². The minimum Gasteiger partial charge on any atom is -0.493 e. The lowest BCUT2D eigenvalue weighted by Crippen LogP contribution is -2.57. The molecule has 9 nitrogen and oxygen atoms in total. The number of carbonyl (C=O) groups is 2. The van der Waals surface area contributed by atoms with E-state index in [-0.39, 0.29) is 49.7 Å². The van der Waals surface area contributed by atoms with Crippen LogP contribution in [-0.2, 0) is 16.2 Å². The Labute approximate surface area is 220 Å². The molecule has 0 spiro atoms. The van der Waals surface area contributed by atoms with E-state index in [1.807, 2.05) is 22.6 Å². The summed E-state index contributed by atoms with van der Waals surface area (Å²) in [5.74, 6) is -1.13. The second kappa shape index (κ2) is 13.4. The van der Waals surface area contributed by atoms with Crippen molar-refractivity contribution in [1.82, 2.24) is 10.2 Å². The lowest BCUT2D eigenvalue weighted by atomic mass is 9.88. The second-order valence-corrected chi connectivity index (χ2v) is 9.33. The number of methoxy groups -OCH3 is 1. The Hall–Kier alpha value is -2.10. The van der Waals surface area contributed by atoms with Gasteiger partial charge in [-0.05, 0) is 52.8 Å². The summed E-state index contributed by atoms with van der Waals surface area (Å²) in [6, 6.07) is 1.70. The third kappa shape index (κ3) is 7.95. The van der Waals surface area contributed by atoms with Crippen LogP contribution in [0.25, 0.3) is 0 Å². The summed E-state index contributed by atoms with van der Waals surface area (Å²) in [6.45, 7) is -0.679. The highest BCUT2D eigenvalue weighted by atomic mass is 127. The van der Waals surface area contributed by atoms with Crippen molar-refractivity contribution in [2.45, 2.75) is 57.2 Å². The fraction of sp³-hybridized carbons (Fsp3) is 0.565. The molecule has 0 bridgehead atoms. The number of rotatable bonds is 11. The van der Waals surface area contributed by atoms with Crippen LogP contribution in [0.15, 0.2) is 23.8 Å². The number of aliphatic hydroxyl groups is 3. The molecule has 36 heavy (non-hydrogen) atoms. The van der Waals surface area contributed by atoms with Crippen LogP contribution in [0.4, 0.5) is 13.2 Å². The van der Waals surface area contributed by atoms with E-state index in [0.29, 0.717) is 20.5 Å². The number of amides is 2. The Balaban J connectivity index is 2.53. The summed E-state index contributed by atoms with van der Waals surface area (Å²) in [4.78, 5) is 25.9. The Kier molecular flexibility index (Phi) is 11.3. The van der Waals surface area contributed by atoms with E-state index in [0.717, 1.165) is 0 Å². The van der Waals surface area contributed by atoms with E-state index in [1.165, 1.54) is 19.3 Å². The summed E-state index contributed by atoms with van der Waals surface area (Å²) in [5.41, 5.74) is 0.521. The predicted octanol–water partition coefficient (Wildman–Crippen LogP) is 1.90. The molecule has 4 N–H and O–H groups in total. The van der Waals surface area contributed by atoms with Gasteiger partial charge in [0.15, 0.2) is 11.5 Å². The molecular formula is C23H30F3IN2O7. The number of carbonyl (C=O) groups excluding carboxylic acids is 2. The number of aliphatic hydroxyl groups excluding tert-OH is 3. The van der Waals surface area contributed by atoms with Gasteiger partial charge in [0.05, 0.1) is 29.9 Å². The van der Waals surface area contributed by atoms with Crippen LogP contribution >= 0.6 is 22.6 Å². The van der Waals surface area contributed by atoms with Crippen molar-refractivity contribution in [3.63, 3.8) is 0 Å². The van der Waals surface area contributed by atoms with E-state index in [9.17, 15) is 33.0 Å². The van der Waals surface area contributed by atoms with Crippen LogP contribution in [0.3, 0.4) is 0 Å². The minimum atomic E-state index is -4.74. The zero-order chi connectivity index (χ0) is 27.0. The average Bonchev–Trinajstić information content (AvgIpc) is 2.82. The van der Waals surface area contributed by atoms with Crippen molar-refractivity contribution in [3.8, 4) is 11.5 Å². The first-order valence-corrected chi connectivity index (χ1v) is 12.3. The number of benzene rings is 1.